The van der Waals surface area contributed by atoms with Gasteiger partial charge in [-0.05, 0) is 42.2 Å². The van der Waals surface area contributed by atoms with Crippen LogP contribution in [0.25, 0.3) is 5.57 Å². The van der Waals surface area contributed by atoms with Gasteiger partial charge in [0.05, 0.1) is 36.2 Å². The third-order valence-electron chi connectivity index (χ3n) is 5.65. The molecule has 1 fully saturated rings. The van der Waals surface area contributed by atoms with Crippen LogP contribution >= 0.6 is 0 Å². The van der Waals surface area contributed by atoms with E-state index in [0.29, 0.717) is 17.6 Å². The topological polar surface area (TPSA) is 110 Å². The molecule has 8 heteroatoms. The predicted octanol–water partition coefficient (Wildman–Crippen LogP) is -2.06. The Morgan fingerprint density at radius 2 is 1.81 bits per heavy atom. The minimum atomic E-state index is -1.41. The fraction of sp³-hybridized carbons (Fsp3) is 0.261. The first-order valence-electron chi connectivity index (χ1n) is 9.76. The number of benzene rings is 2. The molecular weight excluding hydrogens is 407 g/mol. The first-order chi connectivity index (χ1) is 14.4. The Kier molecular flexibility index (Phi) is 7.01. The van der Waals surface area contributed by atoms with E-state index >= 15 is 0 Å². The van der Waals surface area contributed by atoms with Crippen LogP contribution < -0.4 is 40.0 Å². The van der Waals surface area contributed by atoms with E-state index in [1.165, 1.54) is 11.8 Å². The quantitative estimate of drug-likeness (QED) is 0.407. The zero-order valence-corrected chi connectivity index (χ0v) is 19.4. The fourth-order valence-electron chi connectivity index (χ4n) is 4.25. The van der Waals surface area contributed by atoms with E-state index in [0.717, 1.165) is 11.3 Å². The molecule has 2 N–H and O–H groups in total. The first-order valence-corrected chi connectivity index (χ1v) is 9.76. The number of nitrogens with zero attached hydrogens (tertiary/aromatic N) is 1. The number of rotatable bonds is 6. The van der Waals surface area contributed by atoms with Crippen molar-refractivity contribution in [3.8, 4) is 0 Å². The summed E-state index contributed by atoms with van der Waals surface area (Å²) in [6.07, 6.45) is -0.316. The van der Waals surface area contributed by atoms with Crippen molar-refractivity contribution in [3.63, 3.8) is 0 Å². The van der Waals surface area contributed by atoms with Gasteiger partial charge in [0.25, 0.3) is 0 Å². The number of carbonyl (C=O) groups is 3. The summed E-state index contributed by atoms with van der Waals surface area (Å²) in [4.78, 5) is 37.4. The van der Waals surface area contributed by atoms with Gasteiger partial charge in [0, 0.05) is 5.69 Å². The minimum absolute atomic E-state index is 0. The number of hydrogen-bond acceptors (Lipinski definition) is 5. The summed E-state index contributed by atoms with van der Waals surface area (Å²) in [7, 11) is 0. The molecule has 7 nitrogen and oxygen atoms in total. The van der Waals surface area contributed by atoms with Crippen molar-refractivity contribution < 1.29 is 54.2 Å². The van der Waals surface area contributed by atoms with E-state index in [1.54, 1.807) is 36.4 Å². The minimum Gasteiger partial charge on any atom is -0.543 e. The van der Waals surface area contributed by atoms with Crippen LogP contribution in [0.3, 0.4) is 0 Å². The zero-order valence-electron chi connectivity index (χ0n) is 17.4. The average Bonchev–Trinajstić information content (AvgIpc) is 3.04. The van der Waals surface area contributed by atoms with Gasteiger partial charge in [0.15, 0.2) is 0 Å². The maximum Gasteiger partial charge on any atom is 1.00 e. The number of aliphatic carboxylic acids is 1. The molecule has 0 spiro atoms. The number of para-hydroxylation sites is 1. The van der Waals surface area contributed by atoms with Crippen molar-refractivity contribution in [3.05, 3.63) is 71.4 Å². The number of carboxylic acid groups (broad SMARTS) is 1. The van der Waals surface area contributed by atoms with Crippen molar-refractivity contribution in [2.75, 3.05) is 5.32 Å². The van der Waals surface area contributed by atoms with E-state index in [4.69, 9.17) is 0 Å². The molecule has 2 amide bonds. The number of nitrogens with one attached hydrogen (secondary N) is 1. The molecule has 0 aromatic heterocycles. The van der Waals surface area contributed by atoms with Crippen molar-refractivity contribution in [2.45, 2.75) is 31.9 Å². The second-order valence-electron chi connectivity index (χ2n) is 7.65. The molecule has 31 heavy (non-hydrogen) atoms. The van der Waals surface area contributed by atoms with Crippen LogP contribution in [0.1, 0.15) is 24.5 Å². The molecule has 2 heterocycles. The molecule has 4 rings (SSSR count). The maximum absolute atomic E-state index is 12.3. The number of fused-ring (bicyclic) bond motifs is 1. The molecule has 1 saturated heterocycles. The Morgan fingerprint density at radius 3 is 2.39 bits per heavy atom. The van der Waals surface area contributed by atoms with Crippen LogP contribution in [0.15, 0.2) is 60.3 Å². The second kappa shape index (κ2) is 9.36. The van der Waals surface area contributed by atoms with E-state index in [2.05, 4.69) is 5.32 Å². The summed E-state index contributed by atoms with van der Waals surface area (Å²) in [6, 6.07) is 15.8. The zero-order chi connectivity index (χ0) is 21.4. The number of carbonyl (C=O) groups excluding carboxylic acids is 3. The van der Waals surface area contributed by atoms with E-state index in [1.807, 2.05) is 18.2 Å². The number of aliphatic hydroxyl groups is 1. The number of amides is 2. The molecule has 2 aliphatic heterocycles. The Labute approximate surface area is 202 Å². The average molecular weight is 428 g/mol. The summed E-state index contributed by atoms with van der Waals surface area (Å²) in [5.74, 6) is -2.55. The molecule has 0 saturated carbocycles. The van der Waals surface area contributed by atoms with Gasteiger partial charge in [-0.25, -0.2) is 0 Å². The van der Waals surface area contributed by atoms with Crippen molar-refractivity contribution in [1.82, 2.24) is 4.90 Å². The molecule has 0 radical (unpaired) electrons. The van der Waals surface area contributed by atoms with Gasteiger partial charge in [-0.3, -0.25) is 9.59 Å². The monoisotopic (exact) mass is 428 g/mol. The van der Waals surface area contributed by atoms with Gasteiger partial charge in [-0.15, -0.1) is 0 Å². The summed E-state index contributed by atoms with van der Waals surface area (Å²) in [5, 5.41) is 24.4. The normalized spacial score (nSPS) is 20.5. The van der Waals surface area contributed by atoms with Crippen LogP contribution in [0, 0.1) is 5.92 Å². The van der Waals surface area contributed by atoms with Gasteiger partial charge in [0.1, 0.15) is 0 Å². The molecule has 3 atom stereocenters. The Bertz CT molecular complexity index is 1030. The van der Waals surface area contributed by atoms with Gasteiger partial charge in [-0.2, -0.15) is 0 Å². The molecule has 0 bridgehead atoms. The summed E-state index contributed by atoms with van der Waals surface area (Å²) in [6.45, 7) is 1.53. The van der Waals surface area contributed by atoms with E-state index in [9.17, 15) is 24.6 Å². The van der Waals surface area contributed by atoms with Crippen LogP contribution in [0.2, 0.25) is 0 Å². The van der Waals surface area contributed by atoms with Crippen molar-refractivity contribution >= 4 is 29.0 Å². The Hall–Kier alpha value is -2.45. The smallest absolute Gasteiger partial charge is 0.543 e. The molecule has 2 aliphatic rings. The van der Waals surface area contributed by atoms with Crippen LogP contribution in [0.5, 0.6) is 0 Å². The number of aliphatic hydroxyl groups excluding tert-OH is 1. The Morgan fingerprint density at radius 1 is 1.16 bits per heavy atom. The van der Waals surface area contributed by atoms with Crippen LogP contribution in [-0.2, 0) is 20.8 Å². The summed E-state index contributed by atoms with van der Waals surface area (Å²) in [5.41, 5.74) is 2.54. The Balaban J connectivity index is 0.00000272. The standard InChI is InChI=1S/C23H22N2O5.Na/c1-13(26)20-18-12-17(21(23(29)30)25(18)22(20)28)15-9-7-14(8-10-15)11-19(27)24-16-5-3-2-4-6-16;/h2-10,13,18,20,26H,11-12H2,1H3,(H,24,27)(H,29,30);/q;+1/p-1/t13-,18-,20-;/m1./s1. The number of carboxylic acids is 1. The fourth-order valence-corrected chi connectivity index (χ4v) is 4.25. The van der Waals surface area contributed by atoms with Crippen LogP contribution in [0.4, 0.5) is 5.69 Å². The first kappa shape index (κ1) is 23.2. The van der Waals surface area contributed by atoms with Crippen molar-refractivity contribution in [2.24, 2.45) is 5.92 Å². The van der Waals surface area contributed by atoms with Crippen molar-refractivity contribution in [1.29, 1.82) is 0 Å². The number of β-lactam (4-membered cyclic amide) rings is 1. The number of hydrogen-bond donors (Lipinski definition) is 2. The molecule has 0 unspecified atom stereocenters. The third-order valence-corrected chi connectivity index (χ3v) is 5.65. The largest absolute Gasteiger partial charge is 1.00 e. The molecule has 2 aromatic carbocycles. The summed E-state index contributed by atoms with van der Waals surface area (Å²) < 4.78 is 0. The SMILES string of the molecule is C[C@@H](O)[C@H]1C(=O)N2C(C(=O)[O-])=C(c3ccc(CC(=O)Nc4ccccc4)cc3)C[C@H]12.[Na+]. The van der Waals surface area contributed by atoms with Gasteiger partial charge < -0.3 is 25.2 Å². The molecular formula is C23H21N2NaO5. The van der Waals surface area contributed by atoms with Gasteiger partial charge in [0.2, 0.25) is 11.8 Å². The predicted molar refractivity (Wildman–Crippen MR) is 108 cm³/mol. The number of anilines is 1. The third kappa shape index (κ3) is 4.45. The second-order valence-corrected chi connectivity index (χ2v) is 7.65. The van der Waals surface area contributed by atoms with Gasteiger partial charge in [-0.1, -0.05) is 42.5 Å². The molecule has 0 aliphatic carbocycles. The van der Waals surface area contributed by atoms with Gasteiger partial charge >= 0.3 is 29.6 Å². The van der Waals surface area contributed by atoms with E-state index < -0.39 is 23.9 Å². The van der Waals surface area contributed by atoms with E-state index in [-0.39, 0.29) is 53.6 Å². The maximum atomic E-state index is 12.3. The summed E-state index contributed by atoms with van der Waals surface area (Å²) >= 11 is 0. The van der Waals surface area contributed by atoms with Crippen LogP contribution in [-0.4, -0.2) is 39.9 Å². The molecule has 2 aromatic rings. The molecule has 154 valence electrons.